The lowest BCUT2D eigenvalue weighted by Gasteiger charge is -2.12. The van der Waals surface area contributed by atoms with Crippen molar-refractivity contribution in [3.8, 4) is 28.2 Å². The average Bonchev–Trinajstić information content (AvgIpc) is 3.41. The highest BCUT2D eigenvalue weighted by atomic mass is 32.1. The monoisotopic (exact) mass is 455 g/mol. The van der Waals surface area contributed by atoms with E-state index in [0.717, 1.165) is 57.9 Å². The van der Waals surface area contributed by atoms with Crippen molar-refractivity contribution in [2.24, 2.45) is 0 Å². The molecule has 0 atom stereocenters. The minimum absolute atomic E-state index is 0.193. The molecule has 0 aliphatic rings. The second-order valence-corrected chi connectivity index (χ2v) is 8.61. The molecule has 0 bridgehead atoms. The zero-order chi connectivity index (χ0) is 23.1. The molecule has 0 aliphatic heterocycles. The highest BCUT2D eigenvalue weighted by Gasteiger charge is 2.18. The number of aromatic nitrogens is 5. The number of rotatable bonds is 5. The number of nitrogens with one attached hydrogen (secondary N) is 1. The number of benzene rings is 2. The Bertz CT molecular complexity index is 1530. The largest absolute Gasteiger partial charge is 0.348 e. The lowest BCUT2D eigenvalue weighted by atomic mass is 9.99. The predicted molar refractivity (Wildman–Crippen MR) is 133 cm³/mol. The summed E-state index contributed by atoms with van der Waals surface area (Å²) in [5.41, 5.74) is 9.46. The van der Waals surface area contributed by atoms with Crippen molar-refractivity contribution in [2.45, 2.75) is 40.5 Å². The summed E-state index contributed by atoms with van der Waals surface area (Å²) in [7, 11) is 0. The van der Waals surface area contributed by atoms with Gasteiger partial charge in [-0.05, 0) is 73.8 Å². The Kier molecular flexibility index (Phi) is 5.42. The molecular weight excluding hydrogens is 430 g/mol. The second-order valence-electron chi connectivity index (χ2n) is 8.26. The zero-order valence-electron chi connectivity index (χ0n) is 19.1. The Morgan fingerprint density at radius 2 is 1.64 bits per heavy atom. The molecule has 6 nitrogen and oxygen atoms in total. The van der Waals surface area contributed by atoms with Crippen LogP contribution in [0.1, 0.15) is 36.0 Å². The highest BCUT2D eigenvalue weighted by molar-refractivity contribution is 7.71. The number of fused-ring (bicyclic) bond motifs is 1. The van der Waals surface area contributed by atoms with Gasteiger partial charge in [0.2, 0.25) is 0 Å². The maximum Gasteiger partial charge on any atom is 0.314 e. The molecule has 5 rings (SSSR count). The molecule has 3 aromatic heterocycles. The number of imidazole rings is 1. The van der Waals surface area contributed by atoms with Crippen molar-refractivity contribution in [1.82, 2.24) is 24.7 Å². The summed E-state index contributed by atoms with van der Waals surface area (Å²) in [5.74, 6) is 1.66. The fraction of sp³-hybridized carbons (Fsp3) is 0.231. The van der Waals surface area contributed by atoms with E-state index < -0.39 is 0 Å². The molecule has 0 aliphatic carbocycles. The van der Waals surface area contributed by atoms with Gasteiger partial charge in [-0.1, -0.05) is 43.3 Å². The summed E-state index contributed by atoms with van der Waals surface area (Å²) < 4.78 is 7.34. The van der Waals surface area contributed by atoms with Gasteiger partial charge in [-0.2, -0.15) is 4.98 Å². The summed E-state index contributed by atoms with van der Waals surface area (Å²) in [4.78, 5) is 14.4. The standard InChI is InChI=1S/C26H25N5OS/c1-5-8-22-28-23-16(3)15(2)17(4)27-25(23)31(22)19-13-11-18(12-14-19)20-9-6-7-10-21(20)24-29-26(33)32-30-24/h6-7,9-14H,5,8H2,1-4H3,(H,29,30,33). The van der Waals surface area contributed by atoms with Crippen LogP contribution in [-0.4, -0.2) is 24.7 Å². The van der Waals surface area contributed by atoms with Crippen LogP contribution in [0.3, 0.4) is 0 Å². The molecule has 0 amide bonds. The van der Waals surface area contributed by atoms with E-state index in [9.17, 15) is 0 Å². The van der Waals surface area contributed by atoms with Crippen LogP contribution in [0, 0.1) is 25.6 Å². The quantitative estimate of drug-likeness (QED) is 0.299. The zero-order valence-corrected chi connectivity index (χ0v) is 20.0. The van der Waals surface area contributed by atoms with Gasteiger partial charge in [0.15, 0.2) is 11.5 Å². The number of H-pyrrole nitrogens is 1. The summed E-state index contributed by atoms with van der Waals surface area (Å²) in [5, 5.41) is 2.81. The molecule has 5 aromatic rings. The van der Waals surface area contributed by atoms with Gasteiger partial charge in [0, 0.05) is 23.4 Å². The first-order valence-electron chi connectivity index (χ1n) is 11.1. The third-order valence-electron chi connectivity index (χ3n) is 6.19. The Labute approximate surface area is 197 Å². The van der Waals surface area contributed by atoms with Crippen molar-refractivity contribution in [3.05, 3.63) is 76.0 Å². The highest BCUT2D eigenvalue weighted by Crippen LogP contribution is 2.32. The third kappa shape index (κ3) is 3.68. The van der Waals surface area contributed by atoms with Crippen LogP contribution < -0.4 is 0 Å². The number of nitrogens with zero attached hydrogens (tertiary/aromatic N) is 4. The van der Waals surface area contributed by atoms with E-state index in [0.29, 0.717) is 5.82 Å². The average molecular weight is 456 g/mol. The van der Waals surface area contributed by atoms with Crippen LogP contribution in [0.5, 0.6) is 0 Å². The molecule has 33 heavy (non-hydrogen) atoms. The molecule has 0 unspecified atom stereocenters. The number of hydrogen-bond donors (Lipinski definition) is 1. The molecule has 0 spiro atoms. The molecule has 166 valence electrons. The van der Waals surface area contributed by atoms with Crippen molar-refractivity contribution in [2.75, 3.05) is 0 Å². The van der Waals surface area contributed by atoms with E-state index in [2.05, 4.69) is 72.7 Å². The molecular formula is C26H25N5OS. The topological polar surface area (TPSA) is 72.5 Å². The van der Waals surface area contributed by atoms with Crippen LogP contribution in [-0.2, 0) is 6.42 Å². The van der Waals surface area contributed by atoms with Gasteiger partial charge in [0.05, 0.1) is 0 Å². The first kappa shape index (κ1) is 21.3. The first-order chi connectivity index (χ1) is 16.0. The van der Waals surface area contributed by atoms with Crippen LogP contribution >= 0.6 is 12.2 Å². The Morgan fingerprint density at radius 3 is 2.30 bits per heavy atom. The SMILES string of the molecule is CCCc1nc2c(C)c(C)c(C)nc2n1-c1ccc(-c2ccccc2-c2nc(=S)o[nH]2)cc1. The van der Waals surface area contributed by atoms with E-state index >= 15 is 0 Å². The fourth-order valence-corrected chi connectivity index (χ4v) is 4.37. The van der Waals surface area contributed by atoms with Crippen molar-refractivity contribution in [3.63, 3.8) is 0 Å². The van der Waals surface area contributed by atoms with Crippen molar-refractivity contribution in [1.29, 1.82) is 0 Å². The smallest absolute Gasteiger partial charge is 0.314 e. The van der Waals surface area contributed by atoms with Crippen LogP contribution in [0.4, 0.5) is 0 Å². The van der Waals surface area contributed by atoms with Crippen molar-refractivity contribution < 1.29 is 4.52 Å². The number of aromatic amines is 1. The fourth-order valence-electron chi connectivity index (χ4n) is 4.24. The van der Waals surface area contributed by atoms with Crippen LogP contribution in [0.2, 0.25) is 0 Å². The molecule has 3 heterocycles. The van der Waals surface area contributed by atoms with Gasteiger partial charge >= 0.3 is 4.84 Å². The van der Waals surface area contributed by atoms with Crippen molar-refractivity contribution >= 4 is 23.4 Å². The summed E-state index contributed by atoms with van der Waals surface area (Å²) in [6.07, 6.45) is 1.91. The molecule has 0 radical (unpaired) electrons. The van der Waals surface area contributed by atoms with Gasteiger partial charge in [0.25, 0.3) is 0 Å². The van der Waals surface area contributed by atoms with Gasteiger partial charge in [-0.15, -0.1) is 0 Å². The maximum absolute atomic E-state index is 5.14. The minimum Gasteiger partial charge on any atom is -0.348 e. The molecule has 2 aromatic carbocycles. The van der Waals surface area contributed by atoms with Crippen LogP contribution in [0.15, 0.2) is 53.1 Å². The van der Waals surface area contributed by atoms with E-state index in [4.69, 9.17) is 26.7 Å². The van der Waals surface area contributed by atoms with Gasteiger partial charge in [-0.3, -0.25) is 4.57 Å². The molecule has 1 N–H and O–H groups in total. The minimum atomic E-state index is 0.193. The molecule has 0 saturated carbocycles. The van der Waals surface area contributed by atoms with E-state index in [1.807, 2.05) is 18.2 Å². The van der Waals surface area contributed by atoms with Gasteiger partial charge < -0.3 is 4.52 Å². The van der Waals surface area contributed by atoms with E-state index in [1.54, 1.807) is 0 Å². The van der Waals surface area contributed by atoms with E-state index in [-0.39, 0.29) is 4.84 Å². The summed E-state index contributed by atoms with van der Waals surface area (Å²) in [6.45, 7) is 8.49. The normalized spacial score (nSPS) is 11.4. The Morgan fingerprint density at radius 1 is 0.909 bits per heavy atom. The lowest BCUT2D eigenvalue weighted by molar-refractivity contribution is 0.406. The van der Waals surface area contributed by atoms with E-state index in [1.165, 1.54) is 11.1 Å². The predicted octanol–water partition coefficient (Wildman–Crippen LogP) is 6.68. The number of aryl methyl sites for hydroxylation is 3. The molecule has 0 fully saturated rings. The number of hydrogen-bond acceptors (Lipinski definition) is 5. The molecule has 7 heteroatoms. The Hall–Kier alpha value is -3.58. The summed E-state index contributed by atoms with van der Waals surface area (Å²) >= 11 is 5.03. The second kappa shape index (κ2) is 8.41. The maximum atomic E-state index is 5.14. The van der Waals surface area contributed by atoms with Gasteiger partial charge in [0.1, 0.15) is 11.3 Å². The van der Waals surface area contributed by atoms with Gasteiger partial charge in [-0.25, -0.2) is 15.1 Å². The van der Waals surface area contributed by atoms with Crippen LogP contribution in [0.25, 0.3) is 39.4 Å². The molecule has 0 saturated heterocycles. The third-order valence-corrected chi connectivity index (χ3v) is 6.36. The lowest BCUT2D eigenvalue weighted by Crippen LogP contribution is -2.03. The Balaban J connectivity index is 1.63. The number of pyridine rings is 1. The first-order valence-corrected chi connectivity index (χ1v) is 11.5. The summed E-state index contributed by atoms with van der Waals surface area (Å²) in [6, 6.07) is 16.6.